The minimum atomic E-state index is -2.91. The zero-order valence-corrected chi connectivity index (χ0v) is 12.3. The summed E-state index contributed by atoms with van der Waals surface area (Å²) >= 11 is 3.33. The first-order valence-corrected chi connectivity index (χ1v) is 8.04. The smallest absolute Gasteiger partial charge is 0.156 e. The largest absolute Gasteiger partial charge is 0.354 e. The summed E-state index contributed by atoms with van der Waals surface area (Å²) in [5.41, 5.74) is 1.07. The van der Waals surface area contributed by atoms with Gasteiger partial charge in [0.05, 0.1) is 5.25 Å². The standard InChI is InChI=1S/C11H15BrN2O2S/c1-3-17(15,16)9-6-14(7-9)11-8(2)4-5-10(12)13-11/h4-5,9H,3,6-7H2,1-2H3. The summed E-state index contributed by atoms with van der Waals surface area (Å²) in [5.74, 6) is 1.10. The molecule has 6 heteroatoms. The quantitative estimate of drug-likeness (QED) is 0.797. The van der Waals surface area contributed by atoms with E-state index in [4.69, 9.17) is 0 Å². The van der Waals surface area contributed by atoms with Crippen LogP contribution in [0.25, 0.3) is 0 Å². The molecular formula is C11H15BrN2O2S. The van der Waals surface area contributed by atoms with E-state index in [-0.39, 0.29) is 11.0 Å². The van der Waals surface area contributed by atoms with Crippen LogP contribution in [-0.2, 0) is 9.84 Å². The van der Waals surface area contributed by atoms with E-state index < -0.39 is 9.84 Å². The van der Waals surface area contributed by atoms with E-state index in [2.05, 4.69) is 20.9 Å². The molecule has 2 heterocycles. The fourth-order valence-corrected chi connectivity index (χ4v) is 3.47. The highest BCUT2D eigenvalue weighted by Gasteiger charge is 2.37. The van der Waals surface area contributed by atoms with Gasteiger partial charge in [0.2, 0.25) is 0 Å². The van der Waals surface area contributed by atoms with Gasteiger partial charge in [0, 0.05) is 18.8 Å². The number of aromatic nitrogens is 1. The molecule has 2 rings (SSSR count). The van der Waals surface area contributed by atoms with E-state index in [0.29, 0.717) is 13.1 Å². The van der Waals surface area contributed by atoms with Gasteiger partial charge in [-0.15, -0.1) is 0 Å². The van der Waals surface area contributed by atoms with Crippen molar-refractivity contribution in [2.24, 2.45) is 0 Å². The Hall–Kier alpha value is -0.620. The molecule has 1 aliphatic rings. The van der Waals surface area contributed by atoms with Gasteiger partial charge in [-0.25, -0.2) is 13.4 Å². The second-order valence-electron chi connectivity index (χ2n) is 4.25. The van der Waals surface area contributed by atoms with E-state index in [1.807, 2.05) is 24.0 Å². The molecule has 0 unspecified atom stereocenters. The van der Waals surface area contributed by atoms with Crippen LogP contribution in [0.1, 0.15) is 12.5 Å². The molecule has 0 aromatic carbocycles. The van der Waals surface area contributed by atoms with Crippen LogP contribution < -0.4 is 4.90 Å². The molecular weight excluding hydrogens is 304 g/mol. The molecule has 0 atom stereocenters. The molecule has 0 radical (unpaired) electrons. The van der Waals surface area contributed by atoms with Crippen LogP contribution in [0.15, 0.2) is 16.7 Å². The Labute approximate surface area is 110 Å². The molecule has 1 aromatic heterocycles. The lowest BCUT2D eigenvalue weighted by Gasteiger charge is -2.40. The maximum absolute atomic E-state index is 11.7. The van der Waals surface area contributed by atoms with Crippen LogP contribution >= 0.6 is 15.9 Å². The van der Waals surface area contributed by atoms with Crippen LogP contribution in [0.3, 0.4) is 0 Å². The van der Waals surface area contributed by atoms with E-state index in [1.165, 1.54) is 0 Å². The molecule has 1 saturated heterocycles. The van der Waals surface area contributed by atoms with E-state index in [1.54, 1.807) is 6.92 Å². The zero-order valence-electron chi connectivity index (χ0n) is 9.85. The van der Waals surface area contributed by atoms with Crippen LogP contribution in [0.2, 0.25) is 0 Å². The molecule has 1 aromatic rings. The number of nitrogens with zero attached hydrogens (tertiary/aromatic N) is 2. The monoisotopic (exact) mass is 318 g/mol. The van der Waals surface area contributed by atoms with E-state index >= 15 is 0 Å². The number of hydrogen-bond acceptors (Lipinski definition) is 4. The number of rotatable bonds is 3. The summed E-state index contributed by atoms with van der Waals surface area (Å²) in [7, 11) is -2.91. The van der Waals surface area contributed by atoms with Gasteiger partial charge in [-0.3, -0.25) is 0 Å². The van der Waals surface area contributed by atoms with Gasteiger partial charge in [0.25, 0.3) is 0 Å². The summed E-state index contributed by atoms with van der Waals surface area (Å²) in [6, 6.07) is 3.87. The minimum Gasteiger partial charge on any atom is -0.354 e. The van der Waals surface area contributed by atoms with Crippen molar-refractivity contribution in [1.82, 2.24) is 4.98 Å². The molecule has 0 spiro atoms. The fraction of sp³-hybridized carbons (Fsp3) is 0.545. The summed E-state index contributed by atoms with van der Waals surface area (Å²) in [4.78, 5) is 6.40. The van der Waals surface area contributed by atoms with Gasteiger partial charge in [0.1, 0.15) is 10.4 Å². The van der Waals surface area contributed by atoms with Crippen molar-refractivity contribution in [3.63, 3.8) is 0 Å². The van der Waals surface area contributed by atoms with Crippen molar-refractivity contribution in [3.8, 4) is 0 Å². The third kappa shape index (κ3) is 2.47. The third-order valence-electron chi connectivity index (χ3n) is 3.09. The number of pyridine rings is 1. The second-order valence-corrected chi connectivity index (χ2v) is 7.64. The minimum absolute atomic E-state index is 0.219. The maximum atomic E-state index is 11.7. The predicted octanol–water partition coefficient (Wildman–Crippen LogP) is 1.78. The summed E-state index contributed by atoms with van der Waals surface area (Å²) in [6.07, 6.45) is 0. The normalized spacial score (nSPS) is 17.0. The number of halogens is 1. The van der Waals surface area contributed by atoms with Gasteiger partial charge < -0.3 is 4.90 Å². The molecule has 4 nitrogen and oxygen atoms in total. The Morgan fingerprint density at radius 1 is 1.47 bits per heavy atom. The Kier molecular flexibility index (Phi) is 3.45. The number of sulfone groups is 1. The molecule has 0 aliphatic carbocycles. The topological polar surface area (TPSA) is 50.3 Å². The number of anilines is 1. The first-order chi connectivity index (χ1) is 7.94. The lowest BCUT2D eigenvalue weighted by molar-refractivity contribution is 0.539. The molecule has 17 heavy (non-hydrogen) atoms. The SMILES string of the molecule is CCS(=O)(=O)C1CN(c2nc(Br)ccc2C)C1. The molecule has 0 N–H and O–H groups in total. The first-order valence-electron chi connectivity index (χ1n) is 5.53. The van der Waals surface area contributed by atoms with Crippen LogP contribution in [0, 0.1) is 6.92 Å². The van der Waals surface area contributed by atoms with Crippen molar-refractivity contribution in [2.75, 3.05) is 23.7 Å². The second kappa shape index (κ2) is 4.57. The first kappa shape index (κ1) is 12.8. The highest BCUT2D eigenvalue weighted by Crippen LogP contribution is 2.27. The Balaban J connectivity index is 2.12. The van der Waals surface area contributed by atoms with Gasteiger partial charge in [-0.05, 0) is 34.5 Å². The summed E-state index contributed by atoms with van der Waals surface area (Å²) < 4.78 is 24.1. The maximum Gasteiger partial charge on any atom is 0.156 e. The third-order valence-corrected chi connectivity index (χ3v) is 5.65. The van der Waals surface area contributed by atoms with Gasteiger partial charge in [0.15, 0.2) is 9.84 Å². The molecule has 0 amide bonds. The molecule has 1 fully saturated rings. The van der Waals surface area contributed by atoms with Crippen LogP contribution in [0.5, 0.6) is 0 Å². The van der Waals surface area contributed by atoms with E-state index in [9.17, 15) is 8.42 Å². The van der Waals surface area contributed by atoms with Gasteiger partial charge in [-0.1, -0.05) is 13.0 Å². The van der Waals surface area contributed by atoms with Crippen LogP contribution in [0.4, 0.5) is 5.82 Å². The Morgan fingerprint density at radius 3 is 2.71 bits per heavy atom. The van der Waals surface area contributed by atoms with Crippen molar-refractivity contribution in [1.29, 1.82) is 0 Å². The molecule has 0 bridgehead atoms. The summed E-state index contributed by atoms with van der Waals surface area (Å²) in [5, 5.41) is -0.229. The van der Waals surface area contributed by atoms with Crippen LogP contribution in [-0.4, -0.2) is 37.5 Å². The highest BCUT2D eigenvalue weighted by molar-refractivity contribution is 9.10. The van der Waals surface area contributed by atoms with Crippen molar-refractivity contribution in [3.05, 3.63) is 22.3 Å². The van der Waals surface area contributed by atoms with E-state index in [0.717, 1.165) is 16.0 Å². The number of aryl methyl sites for hydroxylation is 1. The lowest BCUT2D eigenvalue weighted by atomic mass is 10.2. The lowest BCUT2D eigenvalue weighted by Crippen LogP contribution is -2.55. The molecule has 94 valence electrons. The van der Waals surface area contributed by atoms with Crippen molar-refractivity contribution in [2.45, 2.75) is 19.1 Å². The molecule has 1 aliphatic heterocycles. The zero-order chi connectivity index (χ0) is 12.6. The van der Waals surface area contributed by atoms with Crippen molar-refractivity contribution >= 4 is 31.6 Å². The fourth-order valence-electron chi connectivity index (χ4n) is 1.89. The van der Waals surface area contributed by atoms with Gasteiger partial charge in [-0.2, -0.15) is 0 Å². The average Bonchev–Trinajstić information content (AvgIpc) is 2.21. The van der Waals surface area contributed by atoms with Crippen molar-refractivity contribution < 1.29 is 8.42 Å². The average molecular weight is 319 g/mol. The number of hydrogen-bond donors (Lipinski definition) is 0. The Bertz CT molecular complexity index is 524. The Morgan fingerprint density at radius 2 is 2.12 bits per heavy atom. The van der Waals surface area contributed by atoms with Gasteiger partial charge >= 0.3 is 0 Å². The highest BCUT2D eigenvalue weighted by atomic mass is 79.9. The summed E-state index contributed by atoms with van der Waals surface area (Å²) in [6.45, 7) is 4.79. The molecule has 0 saturated carbocycles. The predicted molar refractivity (Wildman–Crippen MR) is 72.1 cm³/mol.